The van der Waals surface area contributed by atoms with E-state index in [-0.39, 0.29) is 11.9 Å². The molecule has 0 heterocycles. The molecule has 0 aliphatic rings. The second-order valence-corrected chi connectivity index (χ2v) is 7.28. The Labute approximate surface area is 171 Å². The van der Waals surface area contributed by atoms with Crippen molar-refractivity contribution >= 4 is 11.9 Å². The first kappa shape index (κ1) is 20.3. The number of benzene rings is 3. The van der Waals surface area contributed by atoms with Crippen LogP contribution in [0.3, 0.4) is 0 Å². The summed E-state index contributed by atoms with van der Waals surface area (Å²) >= 11 is 0. The van der Waals surface area contributed by atoms with Crippen LogP contribution in [0.2, 0.25) is 0 Å². The van der Waals surface area contributed by atoms with E-state index in [9.17, 15) is 14.7 Å². The summed E-state index contributed by atoms with van der Waals surface area (Å²) in [4.78, 5) is 23.9. The molecule has 0 aliphatic carbocycles. The van der Waals surface area contributed by atoms with E-state index in [0.29, 0.717) is 18.4 Å². The molecule has 3 aromatic rings. The number of carbonyl (C=O) groups excluding carboxylic acids is 1. The first-order valence-corrected chi connectivity index (χ1v) is 9.76. The van der Waals surface area contributed by atoms with Crippen LogP contribution in [0.15, 0.2) is 84.9 Å². The highest BCUT2D eigenvalue weighted by Gasteiger charge is 2.21. The topological polar surface area (TPSA) is 66.4 Å². The molecular formula is C25H25NO3. The average molecular weight is 387 g/mol. The van der Waals surface area contributed by atoms with E-state index in [1.54, 1.807) is 19.1 Å². The van der Waals surface area contributed by atoms with Gasteiger partial charge in [-0.25, -0.2) is 0 Å². The van der Waals surface area contributed by atoms with E-state index in [2.05, 4.69) is 29.6 Å². The molecule has 4 heteroatoms. The number of amides is 1. The fourth-order valence-corrected chi connectivity index (χ4v) is 3.33. The predicted molar refractivity (Wildman–Crippen MR) is 115 cm³/mol. The maximum Gasteiger partial charge on any atom is 0.306 e. The molecule has 0 radical (unpaired) electrons. The molecule has 4 nitrogen and oxygen atoms in total. The first-order chi connectivity index (χ1) is 14.0. The number of rotatable bonds is 8. The molecule has 0 bridgehead atoms. The molecule has 148 valence electrons. The number of hydrogen-bond donors (Lipinski definition) is 2. The number of hydrogen-bond acceptors (Lipinski definition) is 2. The SMILES string of the molecule is C[C@H](C[C@@H](Cc1ccc(-c2ccccc2)cc1)NC(=O)c1ccccc1)C(=O)O. The van der Waals surface area contributed by atoms with Gasteiger partial charge in [-0.3, -0.25) is 9.59 Å². The van der Waals surface area contributed by atoms with E-state index in [1.165, 1.54) is 0 Å². The molecule has 0 aliphatic heterocycles. The third-order valence-corrected chi connectivity index (χ3v) is 4.97. The Bertz CT molecular complexity index is 937. The zero-order chi connectivity index (χ0) is 20.6. The van der Waals surface area contributed by atoms with E-state index in [0.717, 1.165) is 16.7 Å². The van der Waals surface area contributed by atoms with Gasteiger partial charge in [-0.05, 0) is 41.7 Å². The average Bonchev–Trinajstić information content (AvgIpc) is 2.75. The quantitative estimate of drug-likeness (QED) is 0.583. The Morgan fingerprint density at radius 1 is 0.828 bits per heavy atom. The molecule has 0 aromatic heterocycles. The van der Waals surface area contributed by atoms with Gasteiger partial charge in [0.15, 0.2) is 0 Å². The number of carboxylic acids is 1. The van der Waals surface area contributed by atoms with Crippen LogP contribution in [0.25, 0.3) is 11.1 Å². The van der Waals surface area contributed by atoms with Crippen LogP contribution in [-0.4, -0.2) is 23.0 Å². The van der Waals surface area contributed by atoms with Crippen molar-refractivity contribution in [1.82, 2.24) is 5.32 Å². The molecule has 2 atom stereocenters. The molecule has 2 N–H and O–H groups in total. The fourth-order valence-electron chi connectivity index (χ4n) is 3.33. The van der Waals surface area contributed by atoms with Gasteiger partial charge in [0.05, 0.1) is 5.92 Å². The lowest BCUT2D eigenvalue weighted by Crippen LogP contribution is -2.38. The monoisotopic (exact) mass is 387 g/mol. The summed E-state index contributed by atoms with van der Waals surface area (Å²) < 4.78 is 0. The third kappa shape index (κ3) is 5.79. The lowest BCUT2D eigenvalue weighted by atomic mass is 9.94. The van der Waals surface area contributed by atoms with Gasteiger partial charge in [0.25, 0.3) is 5.91 Å². The highest BCUT2D eigenvalue weighted by molar-refractivity contribution is 5.94. The van der Waals surface area contributed by atoms with E-state index >= 15 is 0 Å². The molecule has 3 aromatic carbocycles. The number of nitrogens with one attached hydrogen (secondary N) is 1. The summed E-state index contributed by atoms with van der Waals surface area (Å²) in [6.45, 7) is 1.67. The molecular weight excluding hydrogens is 362 g/mol. The summed E-state index contributed by atoms with van der Waals surface area (Å²) in [6, 6.07) is 27.0. The summed E-state index contributed by atoms with van der Waals surface area (Å²) in [5.41, 5.74) is 3.89. The fraction of sp³-hybridized carbons (Fsp3) is 0.200. The Morgan fingerprint density at radius 2 is 1.38 bits per heavy atom. The minimum atomic E-state index is -0.858. The lowest BCUT2D eigenvalue weighted by Gasteiger charge is -2.21. The van der Waals surface area contributed by atoms with Crippen molar-refractivity contribution in [1.29, 1.82) is 0 Å². The highest BCUT2D eigenvalue weighted by Crippen LogP contribution is 2.21. The van der Waals surface area contributed by atoms with Gasteiger partial charge >= 0.3 is 5.97 Å². The minimum Gasteiger partial charge on any atom is -0.481 e. The summed E-state index contributed by atoms with van der Waals surface area (Å²) in [5, 5.41) is 12.3. The number of carboxylic acid groups (broad SMARTS) is 1. The number of carbonyl (C=O) groups is 2. The second-order valence-electron chi connectivity index (χ2n) is 7.28. The van der Waals surface area contributed by atoms with Gasteiger partial charge in [0.1, 0.15) is 0 Å². The first-order valence-electron chi connectivity index (χ1n) is 9.76. The van der Waals surface area contributed by atoms with E-state index < -0.39 is 11.9 Å². The Morgan fingerprint density at radius 3 is 1.97 bits per heavy atom. The van der Waals surface area contributed by atoms with Crippen LogP contribution in [0.4, 0.5) is 0 Å². The van der Waals surface area contributed by atoms with Crippen LogP contribution in [0, 0.1) is 5.92 Å². The molecule has 1 amide bonds. The maximum atomic E-state index is 12.6. The van der Waals surface area contributed by atoms with Crippen LogP contribution < -0.4 is 5.32 Å². The smallest absolute Gasteiger partial charge is 0.306 e. The van der Waals surface area contributed by atoms with Gasteiger partial charge in [-0.15, -0.1) is 0 Å². The van der Waals surface area contributed by atoms with Crippen molar-refractivity contribution in [3.63, 3.8) is 0 Å². The van der Waals surface area contributed by atoms with Gasteiger partial charge in [0.2, 0.25) is 0 Å². The van der Waals surface area contributed by atoms with E-state index in [1.807, 2.05) is 48.5 Å². The largest absolute Gasteiger partial charge is 0.481 e. The van der Waals surface area contributed by atoms with Crippen molar-refractivity contribution < 1.29 is 14.7 Å². The maximum absolute atomic E-state index is 12.6. The van der Waals surface area contributed by atoms with Crippen LogP contribution in [-0.2, 0) is 11.2 Å². The molecule has 0 unspecified atom stereocenters. The molecule has 0 saturated heterocycles. The third-order valence-electron chi connectivity index (χ3n) is 4.97. The second kappa shape index (κ2) is 9.69. The van der Waals surface area contributed by atoms with E-state index in [4.69, 9.17) is 0 Å². The standard InChI is InChI=1S/C25H25NO3/c1-18(25(28)29)16-23(26-24(27)22-10-6-3-7-11-22)17-19-12-14-21(15-13-19)20-8-4-2-5-9-20/h2-15,18,23H,16-17H2,1H3,(H,26,27)(H,28,29)/t18-,23+/m1/s1. The van der Waals surface area contributed by atoms with Gasteiger partial charge in [0, 0.05) is 11.6 Å². The van der Waals surface area contributed by atoms with Gasteiger partial charge in [-0.2, -0.15) is 0 Å². The molecule has 0 spiro atoms. The van der Waals surface area contributed by atoms with Crippen molar-refractivity contribution in [3.05, 3.63) is 96.1 Å². The Hall–Kier alpha value is -3.40. The Kier molecular flexibility index (Phi) is 6.80. The normalized spacial score (nSPS) is 12.7. The van der Waals surface area contributed by atoms with Gasteiger partial charge in [-0.1, -0.05) is 79.7 Å². The van der Waals surface area contributed by atoms with Crippen LogP contribution in [0.1, 0.15) is 29.3 Å². The summed E-state index contributed by atoms with van der Waals surface area (Å²) in [5.74, 6) is -1.59. The van der Waals surface area contributed by atoms with Gasteiger partial charge < -0.3 is 10.4 Å². The minimum absolute atomic E-state index is 0.186. The highest BCUT2D eigenvalue weighted by atomic mass is 16.4. The lowest BCUT2D eigenvalue weighted by molar-refractivity contribution is -0.141. The Balaban J connectivity index is 1.73. The molecule has 29 heavy (non-hydrogen) atoms. The van der Waals surface area contributed by atoms with Crippen molar-refractivity contribution in [2.75, 3.05) is 0 Å². The zero-order valence-electron chi connectivity index (χ0n) is 16.4. The number of aliphatic carboxylic acids is 1. The molecule has 3 rings (SSSR count). The van der Waals surface area contributed by atoms with Crippen LogP contribution in [0.5, 0.6) is 0 Å². The molecule has 0 fully saturated rings. The molecule has 0 saturated carbocycles. The van der Waals surface area contributed by atoms with Crippen molar-refractivity contribution in [3.8, 4) is 11.1 Å². The zero-order valence-corrected chi connectivity index (χ0v) is 16.4. The van der Waals surface area contributed by atoms with Crippen LogP contribution >= 0.6 is 0 Å². The summed E-state index contributed by atoms with van der Waals surface area (Å²) in [6.07, 6.45) is 0.944. The summed E-state index contributed by atoms with van der Waals surface area (Å²) in [7, 11) is 0. The van der Waals surface area contributed by atoms with Crippen molar-refractivity contribution in [2.24, 2.45) is 5.92 Å². The van der Waals surface area contributed by atoms with Crippen molar-refractivity contribution in [2.45, 2.75) is 25.8 Å². The predicted octanol–water partition coefficient (Wildman–Crippen LogP) is 4.81.